The summed E-state index contributed by atoms with van der Waals surface area (Å²) in [6.45, 7) is 8.50. The maximum atomic E-state index is 3.94. The van der Waals surface area contributed by atoms with E-state index in [0.29, 0.717) is 5.92 Å². The second kappa shape index (κ2) is 6.44. The van der Waals surface area contributed by atoms with Gasteiger partial charge in [0.2, 0.25) is 0 Å². The molecule has 0 heterocycles. The largest absolute Gasteiger partial charge is 0.102 e. The lowest BCUT2D eigenvalue weighted by atomic mass is 9.92. The Balaban J connectivity index is 2.46. The highest BCUT2D eigenvalue weighted by Gasteiger charge is 2.06. The van der Waals surface area contributed by atoms with Crippen LogP contribution in [0.2, 0.25) is 0 Å². The summed E-state index contributed by atoms with van der Waals surface area (Å²) in [5.74, 6) is 1.34. The van der Waals surface area contributed by atoms with E-state index in [4.69, 9.17) is 0 Å². The number of allylic oxidation sites excluding steroid dienone is 1. The van der Waals surface area contributed by atoms with Crippen LogP contribution in [0.15, 0.2) is 43.0 Å². The first-order valence-corrected chi connectivity index (χ1v) is 5.91. The van der Waals surface area contributed by atoms with Gasteiger partial charge in [0.1, 0.15) is 0 Å². The minimum absolute atomic E-state index is 0.532. The van der Waals surface area contributed by atoms with Gasteiger partial charge in [-0.05, 0) is 17.9 Å². The lowest BCUT2D eigenvalue weighted by Gasteiger charge is -2.13. The zero-order chi connectivity index (χ0) is 11.1. The molecule has 0 fully saturated rings. The molecule has 0 aliphatic heterocycles. The number of hydrogen-bond acceptors (Lipinski definition) is 0. The van der Waals surface area contributed by atoms with Crippen LogP contribution in [0.25, 0.3) is 0 Å². The second-order valence-electron chi connectivity index (χ2n) is 4.58. The molecule has 0 aliphatic carbocycles. The molecule has 0 bridgehead atoms. The molecule has 0 spiro atoms. The molecule has 15 heavy (non-hydrogen) atoms. The number of hydrogen-bond donors (Lipinski definition) is 0. The lowest BCUT2D eigenvalue weighted by Crippen LogP contribution is -1.96. The fourth-order valence-corrected chi connectivity index (χ4v) is 1.87. The van der Waals surface area contributed by atoms with Crippen molar-refractivity contribution in [2.24, 2.45) is 5.92 Å². The average molecular weight is 202 g/mol. The van der Waals surface area contributed by atoms with E-state index in [1.165, 1.54) is 24.8 Å². The monoisotopic (exact) mass is 202 g/mol. The van der Waals surface area contributed by atoms with Crippen LogP contribution < -0.4 is 0 Å². The smallest absolute Gasteiger partial charge is 0.00152 e. The third-order valence-electron chi connectivity index (χ3n) is 2.81. The van der Waals surface area contributed by atoms with Crippen molar-refractivity contribution < 1.29 is 0 Å². The van der Waals surface area contributed by atoms with Gasteiger partial charge < -0.3 is 0 Å². The molecule has 0 unspecified atom stereocenters. The molecule has 0 aromatic heterocycles. The van der Waals surface area contributed by atoms with Gasteiger partial charge in [0.25, 0.3) is 0 Å². The van der Waals surface area contributed by atoms with Crippen molar-refractivity contribution in [3.05, 3.63) is 48.6 Å². The topological polar surface area (TPSA) is 0 Å². The molecular weight excluding hydrogens is 180 g/mol. The predicted octanol–water partition coefficient (Wildman–Crippen LogP) is 4.78. The number of benzene rings is 1. The molecule has 0 amide bonds. The summed E-state index contributed by atoms with van der Waals surface area (Å²) in [7, 11) is 0. The number of rotatable bonds is 6. The zero-order valence-electron chi connectivity index (χ0n) is 9.95. The summed E-state index contributed by atoms with van der Waals surface area (Å²) in [6, 6.07) is 10.7. The van der Waals surface area contributed by atoms with Crippen LogP contribution in [-0.2, 0) is 0 Å². The lowest BCUT2D eigenvalue weighted by molar-refractivity contribution is 0.524. The molecule has 82 valence electrons. The summed E-state index contributed by atoms with van der Waals surface area (Å²) in [5.41, 5.74) is 1.40. The fourth-order valence-electron chi connectivity index (χ4n) is 1.87. The van der Waals surface area contributed by atoms with Gasteiger partial charge in [0, 0.05) is 5.92 Å². The highest BCUT2D eigenvalue weighted by molar-refractivity contribution is 5.22. The van der Waals surface area contributed by atoms with Crippen molar-refractivity contribution in [1.29, 1.82) is 0 Å². The molecule has 0 saturated carbocycles. The van der Waals surface area contributed by atoms with Crippen LogP contribution in [0.5, 0.6) is 0 Å². The Kier molecular flexibility index (Phi) is 5.17. The van der Waals surface area contributed by atoms with Crippen LogP contribution in [0, 0.1) is 5.92 Å². The van der Waals surface area contributed by atoms with Crippen molar-refractivity contribution in [3.63, 3.8) is 0 Å². The van der Waals surface area contributed by atoms with Crippen molar-refractivity contribution in [2.75, 3.05) is 0 Å². The predicted molar refractivity (Wildman–Crippen MR) is 68.1 cm³/mol. The minimum atomic E-state index is 0.532. The molecule has 1 rings (SSSR count). The zero-order valence-corrected chi connectivity index (χ0v) is 9.95. The standard InChI is InChI=1S/C15H22/c1-4-14(12-8-9-13(2)3)15-10-6-5-7-11-15/h4-7,10-11,13-14H,1,8-9,12H2,2-3H3/t14-/m0/s1. The fraction of sp³-hybridized carbons (Fsp3) is 0.467. The molecular formula is C15H22. The first kappa shape index (κ1) is 12.0. The highest BCUT2D eigenvalue weighted by atomic mass is 14.1. The summed E-state index contributed by atoms with van der Waals surface area (Å²) < 4.78 is 0. The van der Waals surface area contributed by atoms with Gasteiger partial charge in [-0.3, -0.25) is 0 Å². The maximum Gasteiger partial charge on any atom is 0.00152 e. The summed E-state index contributed by atoms with van der Waals surface area (Å²) in [4.78, 5) is 0. The Morgan fingerprint density at radius 2 is 1.80 bits per heavy atom. The van der Waals surface area contributed by atoms with E-state index in [1.54, 1.807) is 0 Å². The van der Waals surface area contributed by atoms with E-state index >= 15 is 0 Å². The molecule has 0 heteroatoms. The van der Waals surface area contributed by atoms with E-state index in [9.17, 15) is 0 Å². The Morgan fingerprint density at radius 1 is 1.13 bits per heavy atom. The Hall–Kier alpha value is -1.04. The first-order chi connectivity index (χ1) is 7.24. The van der Waals surface area contributed by atoms with Crippen molar-refractivity contribution in [1.82, 2.24) is 0 Å². The van der Waals surface area contributed by atoms with Gasteiger partial charge in [-0.25, -0.2) is 0 Å². The minimum Gasteiger partial charge on any atom is -0.102 e. The second-order valence-corrected chi connectivity index (χ2v) is 4.58. The Morgan fingerprint density at radius 3 is 2.33 bits per heavy atom. The third-order valence-corrected chi connectivity index (χ3v) is 2.81. The highest BCUT2D eigenvalue weighted by Crippen LogP contribution is 2.23. The van der Waals surface area contributed by atoms with Crippen molar-refractivity contribution in [3.8, 4) is 0 Å². The molecule has 0 N–H and O–H groups in total. The molecule has 0 nitrogen and oxygen atoms in total. The van der Waals surface area contributed by atoms with Gasteiger partial charge in [0.05, 0.1) is 0 Å². The normalized spacial score (nSPS) is 12.7. The van der Waals surface area contributed by atoms with E-state index in [0.717, 1.165) is 5.92 Å². The summed E-state index contributed by atoms with van der Waals surface area (Å²) in [5, 5.41) is 0. The quantitative estimate of drug-likeness (QED) is 0.582. The molecule has 1 aromatic rings. The average Bonchev–Trinajstić information content (AvgIpc) is 2.25. The van der Waals surface area contributed by atoms with E-state index in [1.807, 2.05) is 0 Å². The molecule has 1 aromatic carbocycles. The molecule has 0 saturated heterocycles. The summed E-state index contributed by atoms with van der Waals surface area (Å²) in [6.07, 6.45) is 5.92. The first-order valence-electron chi connectivity index (χ1n) is 5.91. The van der Waals surface area contributed by atoms with Crippen LogP contribution in [0.4, 0.5) is 0 Å². The van der Waals surface area contributed by atoms with Gasteiger partial charge in [-0.2, -0.15) is 0 Å². The molecule has 1 atom stereocenters. The summed E-state index contributed by atoms with van der Waals surface area (Å²) >= 11 is 0. The van der Waals surface area contributed by atoms with Crippen molar-refractivity contribution in [2.45, 2.75) is 39.0 Å². The van der Waals surface area contributed by atoms with Gasteiger partial charge in [-0.1, -0.05) is 63.1 Å². The van der Waals surface area contributed by atoms with Crippen LogP contribution >= 0.6 is 0 Å². The van der Waals surface area contributed by atoms with Crippen LogP contribution in [0.1, 0.15) is 44.6 Å². The van der Waals surface area contributed by atoms with Gasteiger partial charge in [0.15, 0.2) is 0 Å². The molecule has 0 radical (unpaired) electrons. The van der Waals surface area contributed by atoms with E-state index in [-0.39, 0.29) is 0 Å². The van der Waals surface area contributed by atoms with E-state index < -0.39 is 0 Å². The Bertz CT molecular complexity index is 271. The Labute approximate surface area is 94.0 Å². The van der Waals surface area contributed by atoms with E-state index in [2.05, 4.69) is 56.8 Å². The maximum absolute atomic E-state index is 3.94. The SMILES string of the molecule is C=C[C@@H](CCCC(C)C)c1ccccc1. The van der Waals surface area contributed by atoms with Gasteiger partial charge >= 0.3 is 0 Å². The van der Waals surface area contributed by atoms with Gasteiger partial charge in [-0.15, -0.1) is 6.58 Å². The third kappa shape index (κ3) is 4.33. The molecule has 0 aliphatic rings. The van der Waals surface area contributed by atoms with Crippen molar-refractivity contribution >= 4 is 0 Å². The van der Waals surface area contributed by atoms with Crippen LogP contribution in [0.3, 0.4) is 0 Å². The van der Waals surface area contributed by atoms with Crippen LogP contribution in [-0.4, -0.2) is 0 Å².